The molecule has 0 aliphatic carbocycles. The van der Waals surface area contributed by atoms with Gasteiger partial charge in [-0.3, -0.25) is 4.90 Å². The standard InChI is InChI=1S/C16H23N3O2/c20-10-3-11-21-15-5-8-18(9-6-15)12-14-13-19-7-2-1-4-16(19)17-14/h1-2,4,7,13,15,20H,3,5-6,8-12H2. The monoisotopic (exact) mass is 289 g/mol. The van der Waals surface area contributed by atoms with Gasteiger partial charge in [-0.2, -0.15) is 0 Å². The molecule has 0 amide bonds. The summed E-state index contributed by atoms with van der Waals surface area (Å²) in [5, 5.41) is 8.76. The number of hydrogen-bond acceptors (Lipinski definition) is 4. The molecule has 1 saturated heterocycles. The number of aromatic nitrogens is 2. The molecule has 0 aromatic carbocycles. The molecule has 2 aromatic heterocycles. The van der Waals surface area contributed by atoms with Gasteiger partial charge in [0.2, 0.25) is 0 Å². The van der Waals surface area contributed by atoms with Crippen molar-refractivity contribution in [3.63, 3.8) is 0 Å². The molecular formula is C16H23N3O2. The second-order valence-corrected chi connectivity index (χ2v) is 5.62. The van der Waals surface area contributed by atoms with Crippen LogP contribution in [-0.4, -0.2) is 51.8 Å². The molecule has 1 aliphatic heterocycles. The highest BCUT2D eigenvalue weighted by atomic mass is 16.5. The highest BCUT2D eigenvalue weighted by molar-refractivity contribution is 5.39. The van der Waals surface area contributed by atoms with Gasteiger partial charge in [-0.1, -0.05) is 6.07 Å². The number of imidazole rings is 1. The maximum absolute atomic E-state index is 8.76. The third-order valence-electron chi connectivity index (χ3n) is 3.99. The first kappa shape index (κ1) is 14.5. The quantitative estimate of drug-likeness (QED) is 0.822. The van der Waals surface area contributed by atoms with E-state index in [9.17, 15) is 0 Å². The number of hydrogen-bond donors (Lipinski definition) is 1. The van der Waals surface area contributed by atoms with Gasteiger partial charge in [-0.15, -0.1) is 0 Å². The predicted molar refractivity (Wildman–Crippen MR) is 81.1 cm³/mol. The first-order chi connectivity index (χ1) is 10.3. The van der Waals surface area contributed by atoms with E-state index in [-0.39, 0.29) is 6.61 Å². The lowest BCUT2D eigenvalue weighted by atomic mass is 10.1. The van der Waals surface area contributed by atoms with Crippen molar-refractivity contribution in [2.24, 2.45) is 0 Å². The highest BCUT2D eigenvalue weighted by Crippen LogP contribution is 2.16. The van der Waals surface area contributed by atoms with Gasteiger partial charge in [0.05, 0.1) is 11.8 Å². The van der Waals surface area contributed by atoms with Crippen molar-refractivity contribution in [1.29, 1.82) is 0 Å². The highest BCUT2D eigenvalue weighted by Gasteiger charge is 2.20. The van der Waals surface area contributed by atoms with Crippen LogP contribution in [0, 0.1) is 0 Å². The number of pyridine rings is 1. The Kier molecular flexibility index (Phi) is 4.85. The molecule has 3 rings (SSSR count). The predicted octanol–water partition coefficient (Wildman–Crippen LogP) is 1.70. The van der Waals surface area contributed by atoms with E-state index >= 15 is 0 Å². The summed E-state index contributed by atoms with van der Waals surface area (Å²) in [7, 11) is 0. The fourth-order valence-corrected chi connectivity index (χ4v) is 2.84. The minimum Gasteiger partial charge on any atom is -0.396 e. The van der Waals surface area contributed by atoms with Crippen molar-refractivity contribution in [1.82, 2.24) is 14.3 Å². The van der Waals surface area contributed by atoms with E-state index in [1.807, 2.05) is 24.4 Å². The second kappa shape index (κ2) is 7.02. The minimum absolute atomic E-state index is 0.215. The van der Waals surface area contributed by atoms with Crippen LogP contribution in [0.5, 0.6) is 0 Å². The minimum atomic E-state index is 0.215. The molecule has 0 bridgehead atoms. The number of likely N-dealkylation sites (tertiary alicyclic amines) is 1. The van der Waals surface area contributed by atoms with E-state index < -0.39 is 0 Å². The van der Waals surface area contributed by atoms with E-state index in [1.165, 1.54) is 0 Å². The van der Waals surface area contributed by atoms with Crippen molar-refractivity contribution in [3.05, 3.63) is 36.3 Å². The molecule has 0 atom stereocenters. The Bertz CT molecular complexity index is 528. The fourth-order valence-electron chi connectivity index (χ4n) is 2.84. The summed E-state index contributed by atoms with van der Waals surface area (Å²) in [6.07, 6.45) is 7.37. The molecule has 0 saturated carbocycles. The zero-order valence-corrected chi connectivity index (χ0v) is 12.3. The van der Waals surface area contributed by atoms with Crippen molar-refractivity contribution in [3.8, 4) is 0 Å². The van der Waals surface area contributed by atoms with Crippen LogP contribution in [0.15, 0.2) is 30.6 Å². The third kappa shape index (κ3) is 3.81. The first-order valence-electron chi connectivity index (χ1n) is 7.72. The van der Waals surface area contributed by atoms with E-state index in [0.717, 1.165) is 50.2 Å². The van der Waals surface area contributed by atoms with Gasteiger partial charge in [0, 0.05) is 45.2 Å². The Morgan fingerprint density at radius 2 is 2.14 bits per heavy atom. The summed E-state index contributed by atoms with van der Waals surface area (Å²) in [5.74, 6) is 0. The number of piperidine rings is 1. The van der Waals surface area contributed by atoms with Crippen LogP contribution in [0.3, 0.4) is 0 Å². The SMILES string of the molecule is OCCCOC1CCN(Cc2cn3ccccc3n2)CC1. The maximum Gasteiger partial charge on any atom is 0.137 e. The van der Waals surface area contributed by atoms with Gasteiger partial charge >= 0.3 is 0 Å². The molecule has 1 fully saturated rings. The molecule has 0 unspecified atom stereocenters. The van der Waals surface area contributed by atoms with E-state index in [1.54, 1.807) is 0 Å². The molecule has 0 radical (unpaired) electrons. The smallest absolute Gasteiger partial charge is 0.137 e. The Morgan fingerprint density at radius 3 is 2.90 bits per heavy atom. The summed E-state index contributed by atoms with van der Waals surface area (Å²) >= 11 is 0. The molecule has 1 aliphatic rings. The Morgan fingerprint density at radius 1 is 1.29 bits per heavy atom. The largest absolute Gasteiger partial charge is 0.396 e. The topological polar surface area (TPSA) is 50.0 Å². The van der Waals surface area contributed by atoms with Gasteiger partial charge in [-0.25, -0.2) is 4.98 Å². The van der Waals surface area contributed by atoms with Crippen LogP contribution in [0.1, 0.15) is 25.0 Å². The van der Waals surface area contributed by atoms with Crippen molar-refractivity contribution >= 4 is 5.65 Å². The van der Waals surface area contributed by atoms with E-state index in [2.05, 4.69) is 20.5 Å². The van der Waals surface area contributed by atoms with E-state index in [0.29, 0.717) is 12.7 Å². The summed E-state index contributed by atoms with van der Waals surface area (Å²) in [6, 6.07) is 6.07. The number of nitrogens with zero attached hydrogens (tertiary/aromatic N) is 3. The summed E-state index contributed by atoms with van der Waals surface area (Å²) in [4.78, 5) is 7.09. The first-order valence-corrected chi connectivity index (χ1v) is 7.72. The average Bonchev–Trinajstić information content (AvgIpc) is 2.91. The number of fused-ring (bicyclic) bond motifs is 1. The van der Waals surface area contributed by atoms with Crippen LogP contribution >= 0.6 is 0 Å². The third-order valence-corrected chi connectivity index (χ3v) is 3.99. The van der Waals surface area contributed by atoms with Gasteiger partial charge in [0.1, 0.15) is 5.65 Å². The van der Waals surface area contributed by atoms with Crippen LogP contribution < -0.4 is 0 Å². The Balaban J connectivity index is 1.48. The summed E-state index contributed by atoms with van der Waals surface area (Å²) < 4.78 is 7.83. The molecule has 1 N–H and O–H groups in total. The van der Waals surface area contributed by atoms with Crippen LogP contribution in [0.2, 0.25) is 0 Å². The molecular weight excluding hydrogens is 266 g/mol. The Hall–Kier alpha value is -1.43. The van der Waals surface area contributed by atoms with Crippen molar-refractivity contribution < 1.29 is 9.84 Å². The van der Waals surface area contributed by atoms with Crippen molar-refractivity contribution in [2.45, 2.75) is 31.9 Å². The Labute approximate surface area is 125 Å². The molecule has 0 spiro atoms. The zero-order chi connectivity index (χ0) is 14.5. The number of aliphatic hydroxyl groups is 1. The average molecular weight is 289 g/mol. The van der Waals surface area contributed by atoms with Gasteiger partial charge in [0.15, 0.2) is 0 Å². The van der Waals surface area contributed by atoms with E-state index in [4.69, 9.17) is 9.84 Å². The fraction of sp³-hybridized carbons (Fsp3) is 0.562. The second-order valence-electron chi connectivity index (χ2n) is 5.62. The number of aliphatic hydroxyl groups excluding tert-OH is 1. The van der Waals surface area contributed by atoms with Crippen LogP contribution in [0.25, 0.3) is 5.65 Å². The molecule has 5 heteroatoms. The van der Waals surface area contributed by atoms with Crippen LogP contribution in [0.4, 0.5) is 0 Å². The van der Waals surface area contributed by atoms with Gasteiger partial charge < -0.3 is 14.2 Å². The number of rotatable bonds is 6. The number of ether oxygens (including phenoxy) is 1. The summed E-state index contributed by atoms with van der Waals surface area (Å²) in [6.45, 7) is 3.90. The lowest BCUT2D eigenvalue weighted by Gasteiger charge is -2.31. The molecule has 21 heavy (non-hydrogen) atoms. The van der Waals surface area contributed by atoms with Gasteiger partial charge in [0.25, 0.3) is 0 Å². The van der Waals surface area contributed by atoms with Crippen LogP contribution in [-0.2, 0) is 11.3 Å². The van der Waals surface area contributed by atoms with Gasteiger partial charge in [-0.05, 0) is 31.4 Å². The lowest BCUT2D eigenvalue weighted by Crippen LogP contribution is -2.36. The molecule has 5 nitrogen and oxygen atoms in total. The normalized spacial score (nSPS) is 17.6. The molecule has 3 heterocycles. The maximum atomic E-state index is 8.76. The molecule has 114 valence electrons. The summed E-state index contributed by atoms with van der Waals surface area (Å²) in [5.41, 5.74) is 2.13. The lowest BCUT2D eigenvalue weighted by molar-refractivity contribution is 0.000600. The molecule has 2 aromatic rings. The zero-order valence-electron chi connectivity index (χ0n) is 12.3. The van der Waals surface area contributed by atoms with Crippen molar-refractivity contribution in [2.75, 3.05) is 26.3 Å².